The molecule has 6 nitrogen and oxygen atoms in total. The van der Waals surface area contributed by atoms with Gasteiger partial charge in [-0.2, -0.15) is 0 Å². The minimum Gasteiger partial charge on any atom is -0.368 e. The molecule has 0 radical (unpaired) electrons. The maximum atomic E-state index is 12.0. The van der Waals surface area contributed by atoms with Gasteiger partial charge in [0.05, 0.1) is 6.10 Å². The lowest BCUT2D eigenvalue weighted by Crippen LogP contribution is -2.54. The van der Waals surface area contributed by atoms with Gasteiger partial charge in [-0.25, -0.2) is 0 Å². The summed E-state index contributed by atoms with van der Waals surface area (Å²) in [7, 11) is 0. The highest BCUT2D eigenvalue weighted by Crippen LogP contribution is 2.22. The average molecular weight is 294 g/mol. The highest BCUT2D eigenvalue weighted by atomic mass is 35.5. The Hall–Kier alpha value is -0.850. The molecule has 0 unspecified atom stereocenters. The van der Waals surface area contributed by atoms with Crippen molar-refractivity contribution in [1.82, 2.24) is 5.32 Å². The summed E-state index contributed by atoms with van der Waals surface area (Å²) >= 11 is 0. The monoisotopic (exact) mass is 293 g/mol. The van der Waals surface area contributed by atoms with Crippen molar-refractivity contribution in [3.63, 3.8) is 0 Å². The number of hydrogen-bond donors (Lipinski definition) is 3. The van der Waals surface area contributed by atoms with Gasteiger partial charge in [0.25, 0.3) is 0 Å². The summed E-state index contributed by atoms with van der Waals surface area (Å²) in [5.41, 5.74) is 10.4. The van der Waals surface area contributed by atoms with Crippen LogP contribution in [0.15, 0.2) is 0 Å². The van der Waals surface area contributed by atoms with Crippen molar-refractivity contribution >= 4 is 24.2 Å². The molecule has 0 aromatic heterocycles. The van der Waals surface area contributed by atoms with Crippen LogP contribution in [0.25, 0.3) is 0 Å². The number of nitrogens with one attached hydrogen (secondary N) is 1. The summed E-state index contributed by atoms with van der Waals surface area (Å²) in [6.45, 7) is 5.95. The molecule has 0 aromatic rings. The van der Waals surface area contributed by atoms with Crippen LogP contribution in [-0.2, 0) is 14.3 Å². The number of rotatable bonds is 4. The first kappa shape index (κ1) is 18.1. The second-order valence-electron chi connectivity index (χ2n) is 5.77. The lowest BCUT2D eigenvalue weighted by atomic mass is 9.86. The number of amides is 2. The molecule has 7 heteroatoms. The Morgan fingerprint density at radius 3 is 2.32 bits per heavy atom. The second-order valence-corrected chi connectivity index (χ2v) is 5.77. The molecule has 1 fully saturated rings. The number of hydrogen-bond acceptors (Lipinski definition) is 4. The summed E-state index contributed by atoms with van der Waals surface area (Å²) < 4.78 is 5.48. The molecule has 1 saturated heterocycles. The van der Waals surface area contributed by atoms with E-state index in [-0.39, 0.29) is 24.4 Å². The molecule has 1 rings (SSSR count). The largest absolute Gasteiger partial charge is 0.368 e. The summed E-state index contributed by atoms with van der Waals surface area (Å²) in [6, 6.07) is -0.703. The van der Waals surface area contributed by atoms with Gasteiger partial charge in [0.1, 0.15) is 12.1 Å². The maximum Gasteiger partial charge on any atom is 0.249 e. The first-order valence-electron chi connectivity index (χ1n) is 6.21. The van der Waals surface area contributed by atoms with Crippen molar-refractivity contribution < 1.29 is 14.3 Å². The van der Waals surface area contributed by atoms with Gasteiger partial charge in [0, 0.05) is 6.54 Å². The van der Waals surface area contributed by atoms with Crippen molar-refractivity contribution in [3.05, 3.63) is 0 Å². The van der Waals surface area contributed by atoms with Gasteiger partial charge in [0.2, 0.25) is 11.8 Å². The third-order valence-corrected chi connectivity index (χ3v) is 3.10. The molecule has 5 N–H and O–H groups in total. The first-order valence-corrected chi connectivity index (χ1v) is 6.21. The number of nitrogens with two attached hydrogens (primary N) is 2. The third-order valence-electron chi connectivity index (χ3n) is 3.10. The molecule has 0 bridgehead atoms. The highest BCUT2D eigenvalue weighted by molar-refractivity contribution is 5.89. The molecule has 3 atom stereocenters. The van der Waals surface area contributed by atoms with Crippen molar-refractivity contribution in [1.29, 1.82) is 0 Å². The second kappa shape index (κ2) is 7.07. The topological polar surface area (TPSA) is 107 Å². The standard InChI is InChI=1S/C12H23N3O3.ClH/c1-12(2,3)9(10(14)16)15-11(17)8-5-4-7(6-13)18-8;/h7-9H,4-6,13H2,1-3H3,(H2,14,16)(H,15,17);1H/t7-,8+,9-;/m1./s1. The van der Waals surface area contributed by atoms with Crippen molar-refractivity contribution in [3.8, 4) is 0 Å². The van der Waals surface area contributed by atoms with E-state index in [2.05, 4.69) is 5.32 Å². The molecule has 0 saturated carbocycles. The third kappa shape index (κ3) is 4.97. The minimum absolute atomic E-state index is 0. The van der Waals surface area contributed by atoms with Crippen LogP contribution in [0.4, 0.5) is 0 Å². The number of ether oxygens (including phenoxy) is 1. The summed E-state index contributed by atoms with van der Waals surface area (Å²) in [6.07, 6.45) is 0.805. The molecule has 0 spiro atoms. The van der Waals surface area contributed by atoms with Crippen LogP contribution in [0.2, 0.25) is 0 Å². The Morgan fingerprint density at radius 2 is 1.95 bits per heavy atom. The molecule has 0 aromatic carbocycles. The Morgan fingerprint density at radius 1 is 1.37 bits per heavy atom. The SMILES string of the molecule is CC(C)(C)[C@H](NC(=O)[C@@H]1CC[C@H](CN)O1)C(N)=O.Cl. The predicted molar refractivity (Wildman–Crippen MR) is 74.8 cm³/mol. The van der Waals surface area contributed by atoms with Gasteiger partial charge >= 0.3 is 0 Å². The van der Waals surface area contributed by atoms with Gasteiger partial charge in [-0.3, -0.25) is 9.59 Å². The molecule has 1 heterocycles. The van der Waals surface area contributed by atoms with Crippen LogP contribution in [-0.4, -0.2) is 36.6 Å². The highest BCUT2D eigenvalue weighted by Gasteiger charge is 2.36. The lowest BCUT2D eigenvalue weighted by molar-refractivity contribution is -0.136. The molecular formula is C12H24ClN3O3. The molecule has 19 heavy (non-hydrogen) atoms. The van der Waals surface area contributed by atoms with Crippen LogP contribution in [0.5, 0.6) is 0 Å². The quantitative estimate of drug-likeness (QED) is 0.674. The van der Waals surface area contributed by atoms with Crippen molar-refractivity contribution in [2.24, 2.45) is 16.9 Å². The van der Waals surface area contributed by atoms with E-state index in [1.54, 1.807) is 0 Å². The van der Waals surface area contributed by atoms with E-state index in [1.165, 1.54) is 0 Å². The van der Waals surface area contributed by atoms with E-state index in [0.717, 1.165) is 6.42 Å². The van der Waals surface area contributed by atoms with Gasteiger partial charge in [0.15, 0.2) is 0 Å². The predicted octanol–water partition coefficient (Wildman–Crippen LogP) is -0.0693. The van der Waals surface area contributed by atoms with Crippen LogP contribution < -0.4 is 16.8 Å². The zero-order valence-electron chi connectivity index (χ0n) is 11.6. The lowest BCUT2D eigenvalue weighted by Gasteiger charge is -2.29. The van der Waals surface area contributed by atoms with Crippen LogP contribution in [0, 0.1) is 5.41 Å². The molecule has 112 valence electrons. The zero-order valence-corrected chi connectivity index (χ0v) is 12.5. The van der Waals surface area contributed by atoms with E-state index in [1.807, 2.05) is 20.8 Å². The summed E-state index contributed by atoms with van der Waals surface area (Å²) in [4.78, 5) is 23.3. The number of carbonyl (C=O) groups is 2. The maximum absolute atomic E-state index is 12.0. The molecule has 1 aliphatic heterocycles. The molecule has 1 aliphatic rings. The molecule has 0 aliphatic carbocycles. The first-order chi connectivity index (χ1) is 8.25. The Labute approximate surface area is 120 Å². The van der Waals surface area contributed by atoms with Crippen LogP contribution in [0.3, 0.4) is 0 Å². The van der Waals surface area contributed by atoms with E-state index in [0.29, 0.717) is 13.0 Å². The van der Waals surface area contributed by atoms with Crippen LogP contribution in [0.1, 0.15) is 33.6 Å². The van der Waals surface area contributed by atoms with E-state index in [9.17, 15) is 9.59 Å². The average Bonchev–Trinajstić information content (AvgIpc) is 2.71. The summed E-state index contributed by atoms with van der Waals surface area (Å²) in [5.74, 6) is -0.825. The Kier molecular flexibility index (Phi) is 6.76. The Bertz CT molecular complexity index is 331. The van der Waals surface area contributed by atoms with E-state index >= 15 is 0 Å². The summed E-state index contributed by atoms with van der Waals surface area (Å²) in [5, 5.41) is 2.66. The normalized spacial score (nSPS) is 24.4. The molecule has 2 amide bonds. The smallest absolute Gasteiger partial charge is 0.249 e. The van der Waals surface area contributed by atoms with Crippen molar-refractivity contribution in [2.45, 2.75) is 51.9 Å². The van der Waals surface area contributed by atoms with Gasteiger partial charge < -0.3 is 21.5 Å². The van der Waals surface area contributed by atoms with Crippen molar-refractivity contribution in [2.75, 3.05) is 6.54 Å². The fourth-order valence-corrected chi connectivity index (χ4v) is 2.02. The van der Waals surface area contributed by atoms with E-state index in [4.69, 9.17) is 16.2 Å². The Balaban J connectivity index is 0.00000324. The van der Waals surface area contributed by atoms with Gasteiger partial charge in [-0.1, -0.05) is 20.8 Å². The fraction of sp³-hybridized carbons (Fsp3) is 0.833. The number of primary amides is 1. The van der Waals surface area contributed by atoms with Gasteiger partial charge in [-0.05, 0) is 18.3 Å². The minimum atomic E-state index is -0.703. The molecular weight excluding hydrogens is 270 g/mol. The fourth-order valence-electron chi connectivity index (χ4n) is 2.02. The zero-order chi connectivity index (χ0) is 13.9. The number of carbonyl (C=O) groups excluding carboxylic acids is 2. The van der Waals surface area contributed by atoms with Gasteiger partial charge in [-0.15, -0.1) is 12.4 Å². The van der Waals surface area contributed by atoms with Crippen LogP contribution >= 0.6 is 12.4 Å². The number of halogens is 1. The van der Waals surface area contributed by atoms with E-state index < -0.39 is 23.5 Å².